The fraction of sp³-hybridized carbons (Fsp3) is 0.471. The topological polar surface area (TPSA) is 39.1 Å². The van der Waals surface area contributed by atoms with Crippen molar-refractivity contribution in [3.8, 4) is 5.69 Å². The van der Waals surface area contributed by atoms with E-state index >= 15 is 0 Å². The van der Waals surface area contributed by atoms with Crippen LogP contribution in [0.25, 0.3) is 5.69 Å². The molecule has 1 aromatic carbocycles. The van der Waals surface area contributed by atoms with Gasteiger partial charge in [0.15, 0.2) is 0 Å². The Morgan fingerprint density at radius 1 is 1.19 bits per heavy atom. The summed E-state index contributed by atoms with van der Waals surface area (Å²) in [5, 5.41) is 8.08. The zero-order valence-electron chi connectivity index (χ0n) is 13.4. The zero-order chi connectivity index (χ0) is 15.2. The molecule has 1 N–H and O–H groups in total. The van der Waals surface area contributed by atoms with Crippen molar-refractivity contribution in [1.29, 1.82) is 0 Å². The Bertz CT molecular complexity index is 561. The fourth-order valence-electron chi connectivity index (χ4n) is 2.33. The molecule has 0 bridgehead atoms. The highest BCUT2D eigenvalue weighted by atomic mass is 16.5. The molecule has 4 heteroatoms. The number of benzene rings is 1. The van der Waals surface area contributed by atoms with Gasteiger partial charge in [0.2, 0.25) is 0 Å². The van der Waals surface area contributed by atoms with Crippen LogP contribution >= 0.6 is 0 Å². The second-order valence-corrected chi connectivity index (χ2v) is 5.49. The number of aryl methyl sites for hydroxylation is 1. The van der Waals surface area contributed by atoms with Crippen molar-refractivity contribution >= 4 is 0 Å². The molecule has 0 radical (unpaired) electrons. The Balaban J connectivity index is 2.00. The molecule has 4 nitrogen and oxygen atoms in total. The molecule has 2 rings (SSSR count). The number of hydrogen-bond acceptors (Lipinski definition) is 3. The molecule has 21 heavy (non-hydrogen) atoms. The van der Waals surface area contributed by atoms with Crippen LogP contribution in [0.2, 0.25) is 0 Å². The van der Waals surface area contributed by atoms with E-state index in [1.165, 1.54) is 11.3 Å². The monoisotopic (exact) mass is 287 g/mol. The number of hydrogen-bond donors (Lipinski definition) is 1. The molecule has 0 aliphatic carbocycles. The Morgan fingerprint density at radius 3 is 2.57 bits per heavy atom. The van der Waals surface area contributed by atoms with Gasteiger partial charge in [-0.1, -0.05) is 18.2 Å². The van der Waals surface area contributed by atoms with Crippen LogP contribution in [-0.2, 0) is 11.3 Å². The SMILES string of the molecule is Cc1nn(-c2ccccc2)c(C)c1CNCCOC(C)C. The lowest BCUT2D eigenvalue weighted by Crippen LogP contribution is -2.21. The molecule has 1 heterocycles. The van der Waals surface area contributed by atoms with Gasteiger partial charge in [-0.3, -0.25) is 0 Å². The number of nitrogens with one attached hydrogen (secondary N) is 1. The van der Waals surface area contributed by atoms with E-state index in [0.717, 1.165) is 31.1 Å². The van der Waals surface area contributed by atoms with E-state index in [2.05, 4.69) is 50.2 Å². The van der Waals surface area contributed by atoms with Crippen LogP contribution in [0.1, 0.15) is 30.8 Å². The first-order valence-corrected chi connectivity index (χ1v) is 7.52. The lowest BCUT2D eigenvalue weighted by Gasteiger charge is -2.09. The number of nitrogens with zero attached hydrogens (tertiary/aromatic N) is 2. The van der Waals surface area contributed by atoms with E-state index in [-0.39, 0.29) is 6.10 Å². The maximum atomic E-state index is 5.53. The van der Waals surface area contributed by atoms with Crippen LogP contribution in [-0.4, -0.2) is 29.0 Å². The highest BCUT2D eigenvalue weighted by Crippen LogP contribution is 2.17. The average molecular weight is 287 g/mol. The molecule has 0 fully saturated rings. The molecule has 0 atom stereocenters. The molecule has 0 unspecified atom stereocenters. The highest BCUT2D eigenvalue weighted by molar-refractivity contribution is 5.36. The van der Waals surface area contributed by atoms with Gasteiger partial charge in [0.25, 0.3) is 0 Å². The van der Waals surface area contributed by atoms with Gasteiger partial charge < -0.3 is 10.1 Å². The molecule has 0 aliphatic rings. The smallest absolute Gasteiger partial charge is 0.0648 e. The third kappa shape index (κ3) is 4.16. The molecule has 1 aromatic heterocycles. The summed E-state index contributed by atoms with van der Waals surface area (Å²) in [5.41, 5.74) is 4.64. The zero-order valence-corrected chi connectivity index (χ0v) is 13.4. The van der Waals surface area contributed by atoms with Gasteiger partial charge in [0.05, 0.1) is 24.1 Å². The Hall–Kier alpha value is -1.65. The Kier molecular flexibility index (Phi) is 5.53. The van der Waals surface area contributed by atoms with E-state index < -0.39 is 0 Å². The minimum Gasteiger partial charge on any atom is -0.377 e. The van der Waals surface area contributed by atoms with Crippen molar-refractivity contribution in [2.24, 2.45) is 0 Å². The van der Waals surface area contributed by atoms with E-state index in [1.54, 1.807) is 0 Å². The van der Waals surface area contributed by atoms with Gasteiger partial charge >= 0.3 is 0 Å². The summed E-state index contributed by atoms with van der Waals surface area (Å²) in [5.74, 6) is 0. The summed E-state index contributed by atoms with van der Waals surface area (Å²) >= 11 is 0. The second kappa shape index (κ2) is 7.38. The number of ether oxygens (including phenoxy) is 1. The molecule has 114 valence electrons. The standard InChI is InChI=1S/C17H25N3O/c1-13(2)21-11-10-18-12-17-14(3)19-20(15(17)4)16-8-6-5-7-9-16/h5-9,13,18H,10-12H2,1-4H3. The van der Waals surface area contributed by atoms with Crippen LogP contribution in [0.15, 0.2) is 30.3 Å². The van der Waals surface area contributed by atoms with Crippen molar-refractivity contribution in [3.05, 3.63) is 47.3 Å². The molecule has 0 saturated carbocycles. The summed E-state index contributed by atoms with van der Waals surface area (Å²) in [6.45, 7) is 10.7. The van der Waals surface area contributed by atoms with Gasteiger partial charge in [-0.2, -0.15) is 5.10 Å². The predicted molar refractivity (Wildman–Crippen MR) is 85.8 cm³/mol. The van der Waals surface area contributed by atoms with Crippen molar-refractivity contribution in [2.45, 2.75) is 40.3 Å². The van der Waals surface area contributed by atoms with Crippen LogP contribution in [0.5, 0.6) is 0 Å². The lowest BCUT2D eigenvalue weighted by atomic mass is 10.2. The quantitative estimate of drug-likeness (QED) is 0.796. The Morgan fingerprint density at radius 2 is 1.90 bits per heavy atom. The van der Waals surface area contributed by atoms with Gasteiger partial charge in [0, 0.05) is 24.3 Å². The van der Waals surface area contributed by atoms with Crippen LogP contribution < -0.4 is 5.32 Å². The molecular weight excluding hydrogens is 262 g/mol. The normalized spacial score (nSPS) is 11.3. The number of rotatable bonds is 7. The molecular formula is C17H25N3O. The van der Waals surface area contributed by atoms with Crippen LogP contribution in [0, 0.1) is 13.8 Å². The van der Waals surface area contributed by atoms with Crippen molar-refractivity contribution in [1.82, 2.24) is 15.1 Å². The highest BCUT2D eigenvalue weighted by Gasteiger charge is 2.11. The van der Waals surface area contributed by atoms with E-state index in [4.69, 9.17) is 4.74 Å². The van der Waals surface area contributed by atoms with Gasteiger partial charge in [0.1, 0.15) is 0 Å². The molecule has 0 spiro atoms. The second-order valence-electron chi connectivity index (χ2n) is 5.49. The molecule has 0 aliphatic heterocycles. The predicted octanol–water partition coefficient (Wildman–Crippen LogP) is 3.00. The van der Waals surface area contributed by atoms with Crippen LogP contribution in [0.3, 0.4) is 0 Å². The van der Waals surface area contributed by atoms with Crippen LogP contribution in [0.4, 0.5) is 0 Å². The average Bonchev–Trinajstić information content (AvgIpc) is 2.75. The van der Waals surface area contributed by atoms with E-state index in [0.29, 0.717) is 0 Å². The maximum absolute atomic E-state index is 5.53. The fourth-order valence-corrected chi connectivity index (χ4v) is 2.33. The molecule has 0 saturated heterocycles. The number of aromatic nitrogens is 2. The molecule has 0 amide bonds. The molecule has 2 aromatic rings. The summed E-state index contributed by atoms with van der Waals surface area (Å²) in [6.07, 6.45) is 0.288. The van der Waals surface area contributed by atoms with Gasteiger partial charge in [-0.25, -0.2) is 4.68 Å². The minimum atomic E-state index is 0.288. The van der Waals surface area contributed by atoms with E-state index in [9.17, 15) is 0 Å². The third-order valence-electron chi connectivity index (χ3n) is 3.47. The van der Waals surface area contributed by atoms with Crippen molar-refractivity contribution < 1.29 is 4.74 Å². The lowest BCUT2D eigenvalue weighted by molar-refractivity contribution is 0.0807. The third-order valence-corrected chi connectivity index (χ3v) is 3.47. The summed E-state index contributed by atoms with van der Waals surface area (Å²) in [6, 6.07) is 10.2. The largest absolute Gasteiger partial charge is 0.377 e. The van der Waals surface area contributed by atoms with Crippen molar-refractivity contribution in [2.75, 3.05) is 13.2 Å². The van der Waals surface area contributed by atoms with Gasteiger partial charge in [-0.15, -0.1) is 0 Å². The minimum absolute atomic E-state index is 0.288. The Labute approximate surface area is 127 Å². The first kappa shape index (κ1) is 15.7. The first-order valence-electron chi connectivity index (χ1n) is 7.52. The number of para-hydroxylation sites is 1. The van der Waals surface area contributed by atoms with Gasteiger partial charge in [-0.05, 0) is 39.8 Å². The van der Waals surface area contributed by atoms with Crippen molar-refractivity contribution in [3.63, 3.8) is 0 Å². The summed E-state index contributed by atoms with van der Waals surface area (Å²) in [4.78, 5) is 0. The first-order chi connectivity index (χ1) is 10.1. The summed E-state index contributed by atoms with van der Waals surface area (Å²) in [7, 11) is 0. The maximum Gasteiger partial charge on any atom is 0.0648 e. The van der Waals surface area contributed by atoms with E-state index in [1.807, 2.05) is 22.9 Å². The summed E-state index contributed by atoms with van der Waals surface area (Å²) < 4.78 is 7.54.